The maximum absolute atomic E-state index is 15.6. The predicted molar refractivity (Wildman–Crippen MR) is 382 cm³/mol. The number of halogens is 50. The lowest BCUT2D eigenvalue weighted by Crippen LogP contribution is -2.89. The van der Waals surface area contributed by atoms with Crippen LogP contribution in [0.3, 0.4) is 0 Å². The van der Waals surface area contributed by atoms with Crippen LogP contribution in [-0.4, -0.2) is 262 Å². The van der Waals surface area contributed by atoms with Crippen LogP contribution in [0.15, 0.2) is 60.8 Å². The Morgan fingerprint density at radius 3 is 0.764 bits per heavy atom. The average molecular weight is 2290 g/mol. The van der Waals surface area contributed by atoms with Gasteiger partial charge in [0.2, 0.25) is 80.4 Å². The maximum atomic E-state index is 15.6. The van der Waals surface area contributed by atoms with Crippen molar-refractivity contribution in [2.24, 2.45) is 17.8 Å². The Morgan fingerprint density at radius 1 is 0.257 bits per heavy atom. The molecule has 3 aliphatic carbocycles. The van der Waals surface area contributed by atoms with Crippen molar-refractivity contribution in [3.05, 3.63) is 60.8 Å². The number of carbonyl (C=O) groups is 5. The number of carbonyl (C=O) groups excluding carboxylic acids is 5. The van der Waals surface area contributed by atoms with E-state index in [1.54, 1.807) is 0 Å². The van der Waals surface area contributed by atoms with Gasteiger partial charge in [-0.25, -0.2) is 24.0 Å². The zero-order valence-electron chi connectivity index (χ0n) is 75.8. The van der Waals surface area contributed by atoms with Gasteiger partial charge in [0.05, 0.1) is 0 Å². The van der Waals surface area contributed by atoms with Gasteiger partial charge in [0.15, 0.2) is 0 Å². The largest absolute Gasteiger partial charge is 0.445 e. The predicted octanol–water partition coefficient (Wildman–Crippen LogP) is 22.6. The molecule has 0 aromatic rings. The fraction of sp³-hybridized carbons (Fsp3) is 0.808. The molecule has 0 aromatic carbocycles. The highest BCUT2D eigenvalue weighted by Crippen LogP contribution is 2.74. The highest BCUT2D eigenvalue weighted by Gasteiger charge is 3.01. The number of rotatable bonds is 13. The van der Waals surface area contributed by atoms with Crippen LogP contribution in [0.2, 0.25) is 0 Å². The number of aliphatic hydroxyl groups is 5. The minimum Gasteiger partial charge on any atom is -0.445 e. The molecule has 5 saturated heterocycles. The lowest BCUT2D eigenvalue weighted by molar-refractivity contribution is -0.552. The molecule has 8 aliphatic rings. The molecule has 0 amide bonds. The van der Waals surface area contributed by atoms with Crippen LogP contribution in [-0.2, 0) is 71.3 Å². The van der Waals surface area contributed by atoms with Gasteiger partial charge in [-0.15, -0.1) is 0 Å². The zero-order chi connectivity index (χ0) is 118. The third-order valence-corrected chi connectivity index (χ3v) is 25.4. The van der Waals surface area contributed by atoms with E-state index in [9.17, 15) is 243 Å². The molecule has 148 heavy (non-hydrogen) atoms. The molecule has 0 radical (unpaired) electrons. The molecule has 5 heterocycles. The van der Waals surface area contributed by atoms with Gasteiger partial charge >= 0.3 is 156 Å². The Hall–Kier alpha value is -7.85. The Bertz CT molecular complexity index is 4890. The van der Waals surface area contributed by atoms with Gasteiger partial charge < -0.3 is 72.9 Å². The zero-order valence-corrected chi connectivity index (χ0v) is 75.8. The normalized spacial score (nSPS) is 35.3. The second-order valence-corrected chi connectivity index (χ2v) is 35.8. The maximum Gasteiger partial charge on any atom is 0.441 e. The molecule has 20 nitrogen and oxygen atoms in total. The van der Waals surface area contributed by atoms with Crippen molar-refractivity contribution in [1.29, 1.82) is 0 Å². The molecule has 5 N–H and O–H groups in total. The minimum absolute atomic E-state index is 0.00416. The Morgan fingerprint density at radius 2 is 0.493 bits per heavy atom. The fourth-order valence-corrected chi connectivity index (χ4v) is 16.7. The van der Waals surface area contributed by atoms with Crippen LogP contribution in [0.25, 0.3) is 0 Å². The molecule has 8 rings (SSSR count). The van der Waals surface area contributed by atoms with Crippen molar-refractivity contribution < 1.29 is 316 Å². The van der Waals surface area contributed by atoms with Crippen LogP contribution in [0, 0.1) is 17.8 Å². The van der Waals surface area contributed by atoms with E-state index in [1.165, 1.54) is 0 Å². The molecule has 0 bridgehead atoms. The quantitative estimate of drug-likeness (QED) is 0.0496. The van der Waals surface area contributed by atoms with Crippen molar-refractivity contribution in [3.8, 4) is 0 Å². The van der Waals surface area contributed by atoms with Crippen molar-refractivity contribution in [2.75, 3.05) is 0 Å². The first-order chi connectivity index (χ1) is 64.6. The van der Waals surface area contributed by atoms with Gasteiger partial charge in [0, 0.05) is 23.3 Å². The summed E-state index contributed by atoms with van der Waals surface area (Å²) in [5.74, 6) is -101. The van der Waals surface area contributed by atoms with Gasteiger partial charge in [-0.1, -0.05) is 90.7 Å². The summed E-state index contributed by atoms with van der Waals surface area (Å²) in [6.07, 6.45) is -72.3. The minimum atomic E-state index is -7.00. The first-order valence-corrected chi connectivity index (χ1v) is 40.7. The summed E-state index contributed by atoms with van der Waals surface area (Å²) in [4.78, 5) is 57.7. The fourth-order valence-electron chi connectivity index (χ4n) is 16.7. The smallest absolute Gasteiger partial charge is 0.441 e. The second kappa shape index (κ2) is 39.2. The van der Waals surface area contributed by atoms with Crippen LogP contribution in [0.4, 0.5) is 220 Å². The molecule has 862 valence electrons. The molecule has 8 fully saturated rings. The first kappa shape index (κ1) is 132. The number of esters is 5. The molecular weight excluding hydrogens is 2210 g/mol. The molecule has 5 aliphatic heterocycles. The topological polar surface area (TPSA) is 279 Å². The molecular formula is C78H80F50O20. The number of hydrogen-bond donors (Lipinski definition) is 5. The summed E-state index contributed by atoms with van der Waals surface area (Å²) in [5, 5.41) is 48.9. The van der Waals surface area contributed by atoms with E-state index in [0.717, 1.165) is 0 Å². The summed E-state index contributed by atoms with van der Waals surface area (Å²) < 4.78 is 731. The van der Waals surface area contributed by atoms with E-state index < -0.39 is 342 Å². The van der Waals surface area contributed by atoms with E-state index in [4.69, 9.17) is 0 Å². The van der Waals surface area contributed by atoms with Gasteiger partial charge in [-0.2, -0.15) is 220 Å². The monoisotopic (exact) mass is 2290 g/mol. The van der Waals surface area contributed by atoms with Crippen molar-refractivity contribution in [1.82, 2.24) is 0 Å². The summed E-state index contributed by atoms with van der Waals surface area (Å²) >= 11 is 0. The Kier molecular flexibility index (Phi) is 35.1. The van der Waals surface area contributed by atoms with E-state index >= 15 is 26.3 Å². The molecule has 3 saturated carbocycles. The second-order valence-electron chi connectivity index (χ2n) is 35.8. The van der Waals surface area contributed by atoms with Gasteiger partial charge in [0.1, 0.15) is 22.3 Å². The first-order valence-electron chi connectivity index (χ1n) is 40.7. The summed E-state index contributed by atoms with van der Waals surface area (Å²) in [5.41, 5.74) is -51.9. The third-order valence-electron chi connectivity index (χ3n) is 25.4. The molecule has 70 heteroatoms. The van der Waals surface area contributed by atoms with Crippen molar-refractivity contribution in [3.63, 3.8) is 0 Å². The van der Waals surface area contributed by atoms with Gasteiger partial charge in [-0.05, 0) is 108 Å². The lowest BCUT2D eigenvalue weighted by Gasteiger charge is -2.61. The van der Waals surface area contributed by atoms with E-state index in [2.05, 4.69) is 80.3 Å². The van der Waals surface area contributed by atoms with E-state index in [0.29, 0.717) is 19.8 Å². The van der Waals surface area contributed by atoms with Gasteiger partial charge in [-0.3, -0.25) is 0 Å². The average Bonchev–Trinajstić information content (AvgIpc) is 0.648. The van der Waals surface area contributed by atoms with Gasteiger partial charge in [0.25, 0.3) is 0 Å². The van der Waals surface area contributed by atoms with E-state index in [1.807, 2.05) is 0 Å². The standard InChI is InChI=1S/2C18H20F10O4.C17H18F10O4.C13H12F10O4.C12H10F10O4/c1-9(15(19,20)21)11(29)31-12(2)16(22,23)13(3,30)32-14(17(12,24)25,18(26,27)28)10-7-5-4-6-8-10;1-9(2)11(29)31-14(18(26,27)28)15(19,20)12(3,30)32-13(16(14,21)22,17(23,24)25)10-7-5-4-6-8-10;1-8(16(22,23)24)10(28)30-11-14(18,19)12(2,29)31-13(15(11,20)21,17(25,26)27)9-6-4-3-5-7-9;1-5(10(14,15)16)6(24)26-7(2)11(17,18)8(3,13(21,22)23)27-9(4,25)12(7,19)20;1-4(11(17,18)19)5(23)25-6-9(13,14)7(2,12(20,21)22)26-8(3,24)10(6,15)16/h2*10,30H,1,4-8H2,2-3H3;9,11,29H,1,3-7H2,2H3;25H,1H2,2-4H3;6,24H,1H2,2-3H3. The highest BCUT2D eigenvalue weighted by molar-refractivity contribution is 5.91. The third kappa shape index (κ3) is 20.8. The van der Waals surface area contributed by atoms with Crippen LogP contribution < -0.4 is 0 Å². The van der Waals surface area contributed by atoms with E-state index in [-0.39, 0.29) is 86.5 Å². The number of ether oxygens (including phenoxy) is 10. The van der Waals surface area contributed by atoms with Crippen molar-refractivity contribution in [2.45, 2.75) is 372 Å². The highest BCUT2D eigenvalue weighted by atomic mass is 19.5. The van der Waals surface area contributed by atoms with Crippen molar-refractivity contribution >= 4 is 29.8 Å². The molecule has 0 aromatic heterocycles. The summed E-state index contributed by atoms with van der Waals surface area (Å²) in [6.45, 7) is 9.65. The number of alkyl halides is 50. The van der Waals surface area contributed by atoms with Crippen LogP contribution in [0.1, 0.15) is 166 Å². The SMILES string of the molecule is C=C(C(=O)OC1(C)C(F)(F)C(C)(O)OC(C)(C(F)(F)F)C1(F)F)C(F)(F)F.C=C(C(=O)OC1(C)C(F)(F)C(C)(O)OC(C2CCCCC2)(C(F)(F)F)C1(F)F)C(F)(F)F.C=C(C(=O)OC1C(F)(F)C(C)(O)OC(C)(C(F)(F)F)C1(F)F)C(F)(F)F.C=C(C(=O)OC1C(F)(F)C(C)(O)OC(C2CCCCC2)(C(F)(F)F)C1(F)F)C(F)(F)F.C=C(C)C(=O)OC1(C(F)(F)F)C(F)(F)C(C)(O)OC(C2CCCCC2)(C(F)(F)F)C1(F)F. The number of hydrogen-bond acceptors (Lipinski definition) is 20. The Balaban J connectivity index is 0.000000386. The molecule has 15 atom stereocenters. The summed E-state index contributed by atoms with van der Waals surface area (Å²) in [7, 11) is 0. The van der Waals surface area contributed by atoms with Crippen LogP contribution >= 0.6 is 0 Å². The Labute approximate surface area is 796 Å². The lowest BCUT2D eigenvalue weighted by atomic mass is 9.63. The molecule has 0 spiro atoms. The van der Waals surface area contributed by atoms with Crippen LogP contribution in [0.5, 0.6) is 0 Å². The summed E-state index contributed by atoms with van der Waals surface area (Å²) in [6, 6.07) is 0. The molecule has 15 unspecified atom stereocenters.